The molecule has 0 aliphatic rings. The first-order valence-corrected chi connectivity index (χ1v) is 8.24. The molecule has 4 N–H and O–H groups in total. The van der Waals surface area contributed by atoms with E-state index in [1.54, 1.807) is 6.66 Å². The third-order valence-electron chi connectivity index (χ3n) is 3.27. The van der Waals surface area contributed by atoms with Crippen molar-refractivity contribution in [1.82, 2.24) is 0 Å². The summed E-state index contributed by atoms with van der Waals surface area (Å²) >= 11 is 0. The highest BCUT2D eigenvalue weighted by Crippen LogP contribution is 2.46. The van der Waals surface area contributed by atoms with Gasteiger partial charge in [0.25, 0.3) is 0 Å². The monoisotopic (exact) mass is 268 g/mol. The van der Waals surface area contributed by atoms with Crippen LogP contribution in [0.1, 0.15) is 19.8 Å². The molecule has 0 bridgehead atoms. The molecule has 0 heterocycles. The van der Waals surface area contributed by atoms with Crippen molar-refractivity contribution in [1.29, 1.82) is 0 Å². The zero-order valence-electron chi connectivity index (χ0n) is 10.9. The van der Waals surface area contributed by atoms with E-state index in [1.165, 1.54) is 0 Å². The molecule has 0 fully saturated rings. The third kappa shape index (κ3) is 3.69. The van der Waals surface area contributed by atoms with E-state index in [1.807, 2.05) is 37.3 Å². The van der Waals surface area contributed by atoms with Crippen molar-refractivity contribution in [3.8, 4) is 0 Å². The first kappa shape index (κ1) is 14.9. The van der Waals surface area contributed by atoms with Crippen molar-refractivity contribution in [2.24, 2.45) is 17.4 Å². The van der Waals surface area contributed by atoms with Gasteiger partial charge in [0, 0.05) is 11.7 Å². The number of rotatable bonds is 6. The van der Waals surface area contributed by atoms with Gasteiger partial charge in [-0.05, 0) is 19.0 Å². The molecule has 1 aromatic rings. The molecule has 18 heavy (non-hydrogen) atoms. The zero-order valence-corrected chi connectivity index (χ0v) is 11.8. The Morgan fingerprint density at radius 1 is 1.33 bits per heavy atom. The van der Waals surface area contributed by atoms with Crippen LogP contribution < -0.4 is 16.8 Å². The molecule has 0 saturated carbocycles. The molecule has 5 heteroatoms. The Bertz CT molecular complexity index is 448. The second kappa shape index (κ2) is 6.17. The Kier molecular flexibility index (Phi) is 5.12. The standard InChI is InChI=1S/C13H21N2O2P/c1-10(8-9-12(14)16)13(15)18(2,17)11-6-4-3-5-7-11/h3-7,10,13H,8-9,15H2,1-2H3,(H2,14,16)/t10?,13?,18-/m1/s1. The number of carbonyl (C=O) groups excluding carboxylic acids is 1. The van der Waals surface area contributed by atoms with E-state index in [9.17, 15) is 9.36 Å². The molecule has 4 nitrogen and oxygen atoms in total. The zero-order chi connectivity index (χ0) is 13.8. The van der Waals surface area contributed by atoms with E-state index in [4.69, 9.17) is 11.5 Å². The summed E-state index contributed by atoms with van der Waals surface area (Å²) in [6.45, 7) is 3.61. The van der Waals surface area contributed by atoms with Crippen molar-refractivity contribution in [2.75, 3.05) is 6.66 Å². The molecular formula is C13H21N2O2P. The van der Waals surface area contributed by atoms with Crippen molar-refractivity contribution < 1.29 is 9.36 Å². The molecule has 2 unspecified atom stereocenters. The summed E-state index contributed by atoms with van der Waals surface area (Å²) in [5.74, 6) is -0.799. The molecule has 0 saturated heterocycles. The normalized spacial score (nSPS) is 17.7. The maximum absolute atomic E-state index is 12.8. The van der Waals surface area contributed by atoms with Crippen LogP contribution in [0.4, 0.5) is 0 Å². The summed E-state index contributed by atoms with van der Waals surface area (Å²) in [6, 6.07) is 9.26. The fraction of sp³-hybridized carbons (Fsp3) is 0.462. The average molecular weight is 268 g/mol. The predicted molar refractivity (Wildman–Crippen MR) is 75.2 cm³/mol. The number of primary amides is 1. The molecular weight excluding hydrogens is 247 g/mol. The summed E-state index contributed by atoms with van der Waals surface area (Å²) < 4.78 is 12.8. The van der Waals surface area contributed by atoms with Crippen LogP contribution in [0, 0.1) is 5.92 Å². The minimum Gasteiger partial charge on any atom is -0.370 e. The van der Waals surface area contributed by atoms with Crippen LogP contribution in [0.25, 0.3) is 0 Å². The lowest BCUT2D eigenvalue weighted by atomic mass is 10.1. The largest absolute Gasteiger partial charge is 0.370 e. The highest BCUT2D eigenvalue weighted by molar-refractivity contribution is 7.71. The first-order chi connectivity index (χ1) is 8.35. The minimum absolute atomic E-state index is 0.00598. The molecule has 100 valence electrons. The lowest BCUT2D eigenvalue weighted by Crippen LogP contribution is -2.32. The lowest BCUT2D eigenvalue weighted by molar-refractivity contribution is -0.118. The van der Waals surface area contributed by atoms with E-state index < -0.39 is 12.9 Å². The van der Waals surface area contributed by atoms with Crippen LogP contribution in [-0.4, -0.2) is 18.4 Å². The Morgan fingerprint density at radius 2 is 1.89 bits per heavy atom. The maximum atomic E-state index is 12.8. The SMILES string of the molecule is CC(CCC(N)=O)C(N)[P@](C)(=O)c1ccccc1. The second-order valence-corrected chi connectivity index (χ2v) is 7.89. The second-order valence-electron chi connectivity index (χ2n) is 4.80. The summed E-state index contributed by atoms with van der Waals surface area (Å²) in [7, 11) is -2.63. The van der Waals surface area contributed by atoms with Gasteiger partial charge in [-0.15, -0.1) is 0 Å². The van der Waals surface area contributed by atoms with E-state index in [0.29, 0.717) is 6.42 Å². The van der Waals surface area contributed by atoms with Gasteiger partial charge in [0.2, 0.25) is 5.91 Å². The molecule has 0 aliphatic carbocycles. The molecule has 0 aliphatic heterocycles. The first-order valence-electron chi connectivity index (χ1n) is 6.02. The van der Waals surface area contributed by atoms with Crippen molar-refractivity contribution in [3.05, 3.63) is 30.3 Å². The Labute approximate surface area is 108 Å². The number of hydrogen-bond donors (Lipinski definition) is 2. The van der Waals surface area contributed by atoms with E-state index in [-0.39, 0.29) is 18.2 Å². The lowest BCUT2D eigenvalue weighted by Gasteiger charge is -2.26. The summed E-state index contributed by atoms with van der Waals surface area (Å²) in [5.41, 5.74) is 11.2. The topological polar surface area (TPSA) is 86.2 Å². The molecule has 1 amide bonds. The molecule has 1 rings (SSSR count). The van der Waals surface area contributed by atoms with Crippen LogP contribution >= 0.6 is 7.14 Å². The number of nitrogens with two attached hydrogens (primary N) is 2. The minimum atomic E-state index is -2.63. The molecule has 0 aromatic heterocycles. The molecule has 0 spiro atoms. The van der Waals surface area contributed by atoms with E-state index in [2.05, 4.69) is 0 Å². The fourth-order valence-corrected chi connectivity index (χ4v) is 4.15. The van der Waals surface area contributed by atoms with Gasteiger partial charge in [-0.1, -0.05) is 37.3 Å². The maximum Gasteiger partial charge on any atom is 0.217 e. The highest BCUT2D eigenvalue weighted by Gasteiger charge is 2.30. The van der Waals surface area contributed by atoms with Gasteiger partial charge in [0.05, 0.1) is 5.78 Å². The predicted octanol–water partition coefficient (Wildman–Crippen LogP) is 1.49. The van der Waals surface area contributed by atoms with Gasteiger partial charge in [-0.25, -0.2) is 0 Å². The summed E-state index contributed by atoms with van der Waals surface area (Å²) in [4.78, 5) is 10.8. The molecule has 0 radical (unpaired) electrons. The van der Waals surface area contributed by atoms with E-state index in [0.717, 1.165) is 5.30 Å². The van der Waals surface area contributed by atoms with Gasteiger partial charge in [-0.2, -0.15) is 0 Å². The quantitative estimate of drug-likeness (QED) is 0.766. The number of hydrogen-bond acceptors (Lipinski definition) is 3. The van der Waals surface area contributed by atoms with Crippen molar-refractivity contribution in [2.45, 2.75) is 25.5 Å². The third-order valence-corrected chi connectivity index (χ3v) is 6.24. The van der Waals surface area contributed by atoms with Crippen LogP contribution in [0.5, 0.6) is 0 Å². The Hall–Kier alpha value is -1.12. The Morgan fingerprint density at radius 3 is 2.39 bits per heavy atom. The van der Waals surface area contributed by atoms with Crippen LogP contribution in [-0.2, 0) is 9.36 Å². The highest BCUT2D eigenvalue weighted by atomic mass is 31.2. The summed E-state index contributed by atoms with van der Waals surface area (Å²) in [5, 5.41) is 0.781. The average Bonchev–Trinajstić information content (AvgIpc) is 2.36. The smallest absolute Gasteiger partial charge is 0.217 e. The van der Waals surface area contributed by atoms with Gasteiger partial charge >= 0.3 is 0 Å². The van der Waals surface area contributed by atoms with Crippen molar-refractivity contribution >= 4 is 18.4 Å². The number of carbonyl (C=O) groups is 1. The summed E-state index contributed by atoms with van der Waals surface area (Å²) in [6.07, 6.45) is 0.852. The van der Waals surface area contributed by atoms with Crippen molar-refractivity contribution in [3.63, 3.8) is 0 Å². The number of amides is 1. The van der Waals surface area contributed by atoms with E-state index >= 15 is 0 Å². The number of benzene rings is 1. The van der Waals surface area contributed by atoms with Gasteiger partial charge in [0.15, 0.2) is 0 Å². The van der Waals surface area contributed by atoms with Gasteiger partial charge < -0.3 is 16.0 Å². The van der Waals surface area contributed by atoms with Crippen LogP contribution in [0.2, 0.25) is 0 Å². The molecule has 3 atom stereocenters. The molecule has 1 aromatic carbocycles. The fourth-order valence-electron chi connectivity index (χ4n) is 1.92. The van der Waals surface area contributed by atoms with Crippen LogP contribution in [0.15, 0.2) is 30.3 Å². The van der Waals surface area contributed by atoms with Gasteiger partial charge in [0.1, 0.15) is 7.14 Å². The van der Waals surface area contributed by atoms with Crippen LogP contribution in [0.3, 0.4) is 0 Å². The van der Waals surface area contributed by atoms with Gasteiger partial charge in [-0.3, -0.25) is 4.79 Å². The Balaban J connectivity index is 2.79.